The number of carbonyl (C=O) groups excluding carboxylic acids is 2. The van der Waals surface area contributed by atoms with Crippen molar-refractivity contribution in [1.29, 1.82) is 0 Å². The minimum Gasteiger partial charge on any atom is -0.465 e. The van der Waals surface area contributed by atoms with Gasteiger partial charge in [-0.3, -0.25) is 9.69 Å². The van der Waals surface area contributed by atoms with Crippen LogP contribution in [0.4, 0.5) is 5.69 Å². The van der Waals surface area contributed by atoms with Crippen LogP contribution < -0.4 is 5.32 Å². The number of rotatable bonds is 5. The molecule has 0 saturated carbocycles. The first-order chi connectivity index (χ1) is 13.1. The largest absolute Gasteiger partial charge is 0.465 e. The summed E-state index contributed by atoms with van der Waals surface area (Å²) < 4.78 is 4.76. The predicted octanol–water partition coefficient (Wildman–Crippen LogP) is 3.96. The summed E-state index contributed by atoms with van der Waals surface area (Å²) in [6, 6.07) is 14.5. The van der Waals surface area contributed by atoms with Crippen LogP contribution in [-0.4, -0.2) is 37.0 Å². The van der Waals surface area contributed by atoms with Gasteiger partial charge in [0.15, 0.2) is 0 Å². The number of anilines is 1. The van der Waals surface area contributed by atoms with Crippen LogP contribution in [0.2, 0.25) is 0 Å². The molecule has 0 spiro atoms. The lowest BCUT2D eigenvalue weighted by atomic mass is 9.99. The Hall–Kier alpha value is -2.66. The van der Waals surface area contributed by atoms with E-state index in [2.05, 4.69) is 17.1 Å². The van der Waals surface area contributed by atoms with E-state index in [-0.39, 0.29) is 5.91 Å². The lowest BCUT2D eigenvalue weighted by Crippen LogP contribution is -2.33. The molecule has 27 heavy (non-hydrogen) atoms. The summed E-state index contributed by atoms with van der Waals surface area (Å²) in [4.78, 5) is 26.8. The zero-order valence-corrected chi connectivity index (χ0v) is 15.9. The number of likely N-dealkylation sites (tertiary alicyclic amines) is 1. The first kappa shape index (κ1) is 19.1. The van der Waals surface area contributed by atoms with Crippen molar-refractivity contribution >= 4 is 17.6 Å². The van der Waals surface area contributed by atoms with E-state index in [0.717, 1.165) is 25.6 Å². The van der Waals surface area contributed by atoms with Crippen LogP contribution >= 0.6 is 0 Å². The number of nitrogens with zero attached hydrogens (tertiary/aromatic N) is 1. The van der Waals surface area contributed by atoms with Crippen molar-refractivity contribution < 1.29 is 14.3 Å². The van der Waals surface area contributed by atoms with Crippen LogP contribution in [0.1, 0.15) is 46.0 Å². The third-order valence-corrected chi connectivity index (χ3v) is 4.94. The second kappa shape index (κ2) is 8.82. The number of nitrogens with one attached hydrogen (secondary N) is 1. The van der Waals surface area contributed by atoms with E-state index in [1.807, 2.05) is 24.3 Å². The smallest absolute Gasteiger partial charge is 0.339 e. The van der Waals surface area contributed by atoms with E-state index >= 15 is 0 Å². The van der Waals surface area contributed by atoms with Gasteiger partial charge in [0, 0.05) is 18.7 Å². The number of ether oxygens (including phenoxy) is 1. The molecule has 1 amide bonds. The fraction of sp³-hybridized carbons (Fsp3) is 0.364. The van der Waals surface area contributed by atoms with Gasteiger partial charge in [-0.05, 0) is 55.1 Å². The molecular weight excluding hydrogens is 340 g/mol. The molecule has 1 aliphatic rings. The van der Waals surface area contributed by atoms with E-state index < -0.39 is 5.97 Å². The van der Waals surface area contributed by atoms with Crippen LogP contribution in [0.15, 0.2) is 48.5 Å². The van der Waals surface area contributed by atoms with Crippen LogP contribution in [0.5, 0.6) is 0 Å². The highest BCUT2D eigenvalue weighted by atomic mass is 16.5. The summed E-state index contributed by atoms with van der Waals surface area (Å²) in [6.07, 6.45) is 2.56. The van der Waals surface area contributed by atoms with E-state index in [4.69, 9.17) is 4.74 Å². The van der Waals surface area contributed by atoms with Gasteiger partial charge in [-0.1, -0.05) is 31.2 Å². The average Bonchev–Trinajstić information content (AvgIpc) is 2.68. The van der Waals surface area contributed by atoms with Crippen LogP contribution in [0, 0.1) is 5.92 Å². The molecule has 1 fully saturated rings. The molecule has 5 heteroatoms. The third-order valence-electron chi connectivity index (χ3n) is 4.94. The van der Waals surface area contributed by atoms with Gasteiger partial charge in [-0.2, -0.15) is 0 Å². The maximum Gasteiger partial charge on any atom is 0.339 e. The number of carbonyl (C=O) groups is 2. The summed E-state index contributed by atoms with van der Waals surface area (Å²) in [6.45, 7) is 5.48. The zero-order chi connectivity index (χ0) is 19.2. The van der Waals surface area contributed by atoms with Crippen molar-refractivity contribution in [3.63, 3.8) is 0 Å². The Kier molecular flexibility index (Phi) is 6.24. The van der Waals surface area contributed by atoms with Crippen LogP contribution in [0.25, 0.3) is 0 Å². The Morgan fingerprint density at radius 2 is 1.89 bits per heavy atom. The number of hydrogen-bond donors (Lipinski definition) is 1. The fourth-order valence-electron chi connectivity index (χ4n) is 3.52. The summed E-state index contributed by atoms with van der Waals surface area (Å²) in [5.74, 6) is 0.0279. The maximum atomic E-state index is 12.5. The van der Waals surface area contributed by atoms with Crippen molar-refractivity contribution in [2.24, 2.45) is 5.92 Å². The van der Waals surface area contributed by atoms with E-state index in [0.29, 0.717) is 16.8 Å². The van der Waals surface area contributed by atoms with Gasteiger partial charge in [0.05, 0.1) is 18.4 Å². The second-order valence-electron chi connectivity index (χ2n) is 7.17. The molecule has 5 nitrogen and oxygen atoms in total. The van der Waals surface area contributed by atoms with Crippen molar-refractivity contribution in [2.75, 3.05) is 25.5 Å². The van der Waals surface area contributed by atoms with Crippen molar-refractivity contribution in [2.45, 2.75) is 26.3 Å². The molecule has 0 aliphatic carbocycles. The second-order valence-corrected chi connectivity index (χ2v) is 7.17. The number of piperidine rings is 1. The molecule has 1 aliphatic heterocycles. The van der Waals surface area contributed by atoms with Gasteiger partial charge in [0.25, 0.3) is 5.91 Å². The highest BCUT2D eigenvalue weighted by Gasteiger charge is 2.17. The van der Waals surface area contributed by atoms with Gasteiger partial charge < -0.3 is 10.1 Å². The Labute approximate surface area is 160 Å². The van der Waals surface area contributed by atoms with Gasteiger partial charge in [-0.15, -0.1) is 0 Å². The molecule has 1 N–H and O–H groups in total. The van der Waals surface area contributed by atoms with E-state index in [9.17, 15) is 9.59 Å². The molecule has 0 unspecified atom stereocenters. The van der Waals surface area contributed by atoms with Gasteiger partial charge >= 0.3 is 5.97 Å². The quantitative estimate of drug-likeness (QED) is 0.814. The van der Waals surface area contributed by atoms with Crippen molar-refractivity contribution in [3.05, 3.63) is 65.2 Å². The number of para-hydroxylation sites is 1. The SMILES string of the molecule is COC(=O)c1ccccc1NC(=O)c1ccc(CN2CCC[C@H](C)C2)cc1. The number of hydrogen-bond acceptors (Lipinski definition) is 4. The molecule has 2 aromatic carbocycles. The zero-order valence-electron chi connectivity index (χ0n) is 15.9. The van der Waals surface area contributed by atoms with E-state index in [1.165, 1.54) is 25.5 Å². The maximum absolute atomic E-state index is 12.5. The van der Waals surface area contributed by atoms with Gasteiger partial charge in [-0.25, -0.2) is 4.79 Å². The summed E-state index contributed by atoms with van der Waals surface area (Å²) in [5, 5.41) is 2.80. The molecule has 1 saturated heterocycles. The Morgan fingerprint density at radius 1 is 1.15 bits per heavy atom. The number of methoxy groups -OCH3 is 1. The Morgan fingerprint density at radius 3 is 2.59 bits per heavy atom. The molecule has 3 rings (SSSR count). The Balaban J connectivity index is 1.65. The first-order valence-electron chi connectivity index (χ1n) is 9.37. The number of amides is 1. The molecule has 142 valence electrons. The summed E-state index contributed by atoms with van der Waals surface area (Å²) in [5.41, 5.74) is 2.55. The lowest BCUT2D eigenvalue weighted by molar-refractivity contribution is 0.0602. The van der Waals surface area contributed by atoms with Crippen LogP contribution in [-0.2, 0) is 11.3 Å². The average molecular weight is 366 g/mol. The van der Waals surface area contributed by atoms with Crippen molar-refractivity contribution in [1.82, 2.24) is 4.90 Å². The summed E-state index contributed by atoms with van der Waals surface area (Å²) in [7, 11) is 1.32. The topological polar surface area (TPSA) is 58.6 Å². The first-order valence-corrected chi connectivity index (χ1v) is 9.37. The standard InChI is InChI=1S/C22H26N2O3/c1-16-6-5-13-24(14-16)15-17-9-11-18(12-10-17)21(25)23-20-8-4-3-7-19(20)22(26)27-2/h3-4,7-12,16H,5-6,13-15H2,1-2H3,(H,23,25)/t16-/m0/s1. The molecule has 1 heterocycles. The highest BCUT2D eigenvalue weighted by molar-refractivity contribution is 6.07. The van der Waals surface area contributed by atoms with Gasteiger partial charge in [0.1, 0.15) is 0 Å². The Bertz CT molecular complexity index is 801. The number of esters is 1. The molecule has 0 radical (unpaired) electrons. The minimum absolute atomic E-state index is 0.246. The lowest BCUT2D eigenvalue weighted by Gasteiger charge is -2.30. The molecule has 1 atom stereocenters. The normalized spacial score (nSPS) is 17.3. The predicted molar refractivity (Wildman–Crippen MR) is 106 cm³/mol. The van der Waals surface area contributed by atoms with Crippen molar-refractivity contribution in [3.8, 4) is 0 Å². The molecule has 0 bridgehead atoms. The number of benzene rings is 2. The monoisotopic (exact) mass is 366 g/mol. The van der Waals surface area contributed by atoms with E-state index in [1.54, 1.807) is 24.3 Å². The molecule has 0 aromatic heterocycles. The minimum atomic E-state index is -0.475. The fourth-order valence-corrected chi connectivity index (χ4v) is 3.52. The molecular formula is C22H26N2O3. The summed E-state index contributed by atoms with van der Waals surface area (Å²) >= 11 is 0. The third kappa shape index (κ3) is 4.95. The molecule has 2 aromatic rings. The van der Waals surface area contributed by atoms with Crippen LogP contribution in [0.3, 0.4) is 0 Å². The van der Waals surface area contributed by atoms with Gasteiger partial charge in [0.2, 0.25) is 0 Å². The highest BCUT2D eigenvalue weighted by Crippen LogP contribution is 2.19.